The largest absolute Gasteiger partial charge is 0.508 e. The lowest BCUT2D eigenvalue weighted by Gasteiger charge is -2.29. The number of likely N-dealkylation sites (tertiary alicyclic amines) is 1. The number of ether oxygens (including phenoxy) is 1. The summed E-state index contributed by atoms with van der Waals surface area (Å²) in [6, 6.07) is 20.5. The molecule has 1 aliphatic heterocycles. The Bertz CT molecular complexity index is 2460. The number of carbonyl (C=O) groups excluding carboxylic acids is 2. The Labute approximate surface area is 327 Å². The fraction of sp³-hybridized carbons (Fsp3) is 0.318. The van der Waals surface area contributed by atoms with Crippen molar-refractivity contribution in [3.8, 4) is 22.9 Å². The van der Waals surface area contributed by atoms with E-state index in [1.54, 1.807) is 71.8 Å². The fourth-order valence-corrected chi connectivity index (χ4v) is 8.11. The number of aliphatic carboxylic acids is 1. The molecule has 2 fully saturated rings. The van der Waals surface area contributed by atoms with E-state index in [1.807, 2.05) is 6.07 Å². The number of benzene rings is 4. The van der Waals surface area contributed by atoms with Crippen LogP contribution in [0.2, 0.25) is 0 Å². The van der Waals surface area contributed by atoms with Crippen LogP contribution < -0.4 is 10.1 Å². The molecule has 12 nitrogen and oxygen atoms in total. The summed E-state index contributed by atoms with van der Waals surface area (Å²) in [5.41, 5.74) is 4.39. The van der Waals surface area contributed by atoms with E-state index < -0.39 is 23.7 Å². The zero-order chi connectivity index (χ0) is 39.6. The summed E-state index contributed by atoms with van der Waals surface area (Å²) in [5.74, 6) is -1.62. The molecule has 0 spiro atoms. The topological polar surface area (TPSA) is 170 Å². The van der Waals surface area contributed by atoms with Crippen LogP contribution in [0.15, 0.2) is 85.1 Å². The number of H-pyrrole nitrogens is 1. The van der Waals surface area contributed by atoms with Gasteiger partial charge in [0.1, 0.15) is 35.8 Å². The maximum absolute atomic E-state index is 16.1. The van der Waals surface area contributed by atoms with E-state index in [4.69, 9.17) is 9.72 Å². The molecule has 1 aliphatic carbocycles. The van der Waals surface area contributed by atoms with Crippen LogP contribution >= 0.6 is 0 Å². The Morgan fingerprint density at radius 1 is 0.930 bits per heavy atom. The second-order valence-electron chi connectivity index (χ2n) is 15.1. The van der Waals surface area contributed by atoms with Gasteiger partial charge in [0.05, 0.1) is 22.7 Å². The summed E-state index contributed by atoms with van der Waals surface area (Å²) >= 11 is 0. The molecule has 5 N–H and O–H groups in total. The number of carboxylic acids is 1. The van der Waals surface area contributed by atoms with E-state index in [2.05, 4.69) is 14.9 Å². The number of nitrogens with zero attached hydrogens (tertiary/aromatic N) is 3. The minimum Gasteiger partial charge on any atom is -0.508 e. The summed E-state index contributed by atoms with van der Waals surface area (Å²) in [4.78, 5) is 48.6. The van der Waals surface area contributed by atoms with E-state index >= 15 is 4.39 Å². The highest BCUT2D eigenvalue weighted by Gasteiger charge is 2.27. The van der Waals surface area contributed by atoms with Gasteiger partial charge < -0.3 is 39.8 Å². The quantitative estimate of drug-likeness (QED) is 0.0926. The highest BCUT2D eigenvalue weighted by atomic mass is 19.1. The summed E-state index contributed by atoms with van der Waals surface area (Å²) in [5, 5.41) is 33.1. The molecule has 1 atom stereocenters. The van der Waals surface area contributed by atoms with E-state index in [-0.39, 0.29) is 48.0 Å². The highest BCUT2D eigenvalue weighted by molar-refractivity contribution is 6.00. The summed E-state index contributed by atoms with van der Waals surface area (Å²) in [6.45, 7) is 1.13. The molecule has 57 heavy (non-hydrogen) atoms. The number of imidazole rings is 1. The third-order valence-electron chi connectivity index (χ3n) is 11.2. The Hall–Kier alpha value is -6.21. The smallest absolute Gasteiger partial charge is 0.326 e. The Kier molecular flexibility index (Phi) is 10.7. The number of aromatic hydroxyl groups is 1. The number of phenols is 1. The van der Waals surface area contributed by atoms with Gasteiger partial charge in [0.2, 0.25) is 0 Å². The van der Waals surface area contributed by atoms with Crippen molar-refractivity contribution in [2.45, 2.75) is 76.2 Å². The minimum absolute atomic E-state index is 0.0105. The van der Waals surface area contributed by atoms with Crippen molar-refractivity contribution >= 4 is 39.7 Å². The molecule has 294 valence electrons. The van der Waals surface area contributed by atoms with Gasteiger partial charge >= 0.3 is 5.97 Å². The SMILES string of the molecule is O=C(N[C@@H](Cc1c[nH]c2ccc(O)cc12)C(=O)O)c1ccc2c(c1)nc(-c1ccc(OCc3cccc(C(=O)N4CCC(O)CC4)c3)cc1F)n2C1CCCCC1. The highest BCUT2D eigenvalue weighted by Crippen LogP contribution is 2.38. The standard InChI is InChI=1S/C44H44FN5O7/c45-36-23-33(57-25-26-5-4-6-28(19-26)43(54)49-17-15-31(51)16-18-49)11-12-34(36)41-47-38-20-27(9-14-40(38)50(41)30-7-2-1-3-8-30)42(53)48-39(44(55)56)21-29-24-46-37-13-10-32(52)22-35(29)37/h4-6,9-14,19-20,22-24,30-31,39,46,51-52H,1-3,7-8,15-18,21,25H2,(H,48,53)(H,55,56)/t39-/m0/s1. The third-order valence-corrected chi connectivity index (χ3v) is 11.2. The van der Waals surface area contributed by atoms with Crippen LogP contribution in [0.4, 0.5) is 4.39 Å². The van der Waals surface area contributed by atoms with Gasteiger partial charge in [-0.2, -0.15) is 0 Å². The summed E-state index contributed by atoms with van der Waals surface area (Å²) in [7, 11) is 0. The lowest BCUT2D eigenvalue weighted by Crippen LogP contribution is -2.42. The van der Waals surface area contributed by atoms with Crippen molar-refractivity contribution in [1.82, 2.24) is 24.8 Å². The normalized spacial score (nSPS) is 15.9. The van der Waals surface area contributed by atoms with E-state index in [0.29, 0.717) is 59.5 Å². The van der Waals surface area contributed by atoms with Crippen LogP contribution in [0.3, 0.4) is 0 Å². The average Bonchev–Trinajstić information content (AvgIpc) is 3.80. The molecule has 0 bridgehead atoms. The van der Waals surface area contributed by atoms with Crippen molar-refractivity contribution in [3.05, 3.63) is 113 Å². The number of hydrogen-bond acceptors (Lipinski definition) is 7. The number of halogens is 1. The number of aliphatic hydroxyl groups excluding tert-OH is 1. The van der Waals surface area contributed by atoms with Crippen molar-refractivity contribution in [2.75, 3.05) is 13.1 Å². The summed E-state index contributed by atoms with van der Waals surface area (Å²) in [6.07, 6.45) is 7.37. The van der Waals surface area contributed by atoms with Crippen LogP contribution in [0, 0.1) is 5.82 Å². The van der Waals surface area contributed by atoms with Crippen LogP contribution in [0.1, 0.15) is 82.8 Å². The number of carboxylic acid groups (broad SMARTS) is 1. The van der Waals surface area contributed by atoms with Gasteiger partial charge in [-0.3, -0.25) is 9.59 Å². The van der Waals surface area contributed by atoms with Crippen molar-refractivity contribution in [3.63, 3.8) is 0 Å². The van der Waals surface area contributed by atoms with Gasteiger partial charge in [-0.1, -0.05) is 31.4 Å². The van der Waals surface area contributed by atoms with E-state index in [1.165, 1.54) is 12.1 Å². The molecule has 0 unspecified atom stereocenters. The maximum Gasteiger partial charge on any atom is 0.326 e. The molecule has 3 heterocycles. The van der Waals surface area contributed by atoms with Gasteiger partial charge in [0.25, 0.3) is 11.8 Å². The first-order valence-electron chi connectivity index (χ1n) is 19.4. The molecule has 1 saturated carbocycles. The third kappa shape index (κ3) is 8.06. The number of phenolic OH excluding ortho intramolecular Hbond substituents is 1. The molecular weight excluding hydrogens is 730 g/mol. The molecular formula is C44H44FN5O7. The number of aromatic nitrogens is 3. The first-order valence-corrected chi connectivity index (χ1v) is 19.4. The van der Waals surface area contributed by atoms with Gasteiger partial charge in [-0.25, -0.2) is 14.2 Å². The molecule has 2 aromatic heterocycles. The van der Waals surface area contributed by atoms with Crippen molar-refractivity contribution in [2.24, 2.45) is 0 Å². The number of hydrogen-bond donors (Lipinski definition) is 5. The molecule has 8 rings (SSSR count). The molecule has 6 aromatic rings. The molecule has 13 heteroatoms. The molecule has 2 amide bonds. The Morgan fingerprint density at radius 3 is 2.51 bits per heavy atom. The minimum atomic E-state index is -1.25. The predicted molar refractivity (Wildman–Crippen MR) is 212 cm³/mol. The zero-order valence-corrected chi connectivity index (χ0v) is 31.3. The monoisotopic (exact) mass is 773 g/mol. The van der Waals surface area contributed by atoms with E-state index in [9.17, 15) is 29.7 Å². The first-order chi connectivity index (χ1) is 27.6. The number of aliphatic hydroxyl groups is 1. The second kappa shape index (κ2) is 16.1. The number of rotatable bonds is 11. The number of aromatic amines is 1. The number of carbonyl (C=O) groups is 3. The zero-order valence-electron chi connectivity index (χ0n) is 31.3. The van der Waals surface area contributed by atoms with Gasteiger partial charge in [-0.15, -0.1) is 0 Å². The second-order valence-corrected chi connectivity index (χ2v) is 15.1. The number of nitrogens with one attached hydrogen (secondary N) is 2. The van der Waals surface area contributed by atoms with Gasteiger partial charge in [-0.05, 0) is 97.5 Å². The number of piperidine rings is 1. The molecule has 1 saturated heterocycles. The number of amides is 2. The first kappa shape index (κ1) is 37.7. The van der Waals surface area contributed by atoms with Crippen molar-refractivity contribution in [1.29, 1.82) is 0 Å². The molecule has 4 aromatic carbocycles. The fourth-order valence-electron chi connectivity index (χ4n) is 8.11. The molecule has 2 aliphatic rings. The lowest BCUT2D eigenvalue weighted by atomic mass is 9.94. The van der Waals surface area contributed by atoms with Crippen LogP contribution in [0.25, 0.3) is 33.3 Å². The summed E-state index contributed by atoms with van der Waals surface area (Å²) < 4.78 is 24.2. The van der Waals surface area contributed by atoms with Crippen LogP contribution in [0.5, 0.6) is 11.5 Å². The molecule has 0 radical (unpaired) electrons. The van der Waals surface area contributed by atoms with Gasteiger partial charge in [0.15, 0.2) is 0 Å². The van der Waals surface area contributed by atoms with Gasteiger partial charge in [0, 0.05) is 59.8 Å². The van der Waals surface area contributed by atoms with Crippen LogP contribution in [-0.2, 0) is 17.8 Å². The number of fused-ring (bicyclic) bond motifs is 2. The average molecular weight is 774 g/mol. The Balaban J connectivity index is 1.02. The Morgan fingerprint density at radius 2 is 1.74 bits per heavy atom. The van der Waals surface area contributed by atoms with Crippen LogP contribution in [-0.4, -0.2) is 77.8 Å². The maximum atomic E-state index is 16.1. The van der Waals surface area contributed by atoms with E-state index in [0.717, 1.165) is 48.7 Å². The van der Waals surface area contributed by atoms with Crippen molar-refractivity contribution < 1.29 is 38.8 Å². The predicted octanol–water partition coefficient (Wildman–Crippen LogP) is 7.14. The lowest BCUT2D eigenvalue weighted by molar-refractivity contribution is -0.139.